The highest BCUT2D eigenvalue weighted by Crippen LogP contribution is 2.36. The molecule has 0 heterocycles. The number of hydrogen-bond acceptors (Lipinski definition) is 3. The molecule has 3 rings (SSSR count). The second-order valence-corrected chi connectivity index (χ2v) is 6.00. The largest absolute Gasteiger partial charge is 0.508 e. The molecule has 24 heavy (non-hydrogen) atoms. The van der Waals surface area contributed by atoms with Gasteiger partial charge in [-0.25, -0.2) is 8.78 Å². The van der Waals surface area contributed by atoms with Crippen molar-refractivity contribution in [1.29, 1.82) is 0 Å². The smallest absolute Gasteiger partial charge is 0.223 e. The Morgan fingerprint density at radius 1 is 1.08 bits per heavy atom. The molecule has 1 unspecified atom stereocenters. The van der Waals surface area contributed by atoms with Crippen molar-refractivity contribution in [2.45, 2.75) is 25.8 Å². The van der Waals surface area contributed by atoms with Crippen molar-refractivity contribution in [2.24, 2.45) is 5.92 Å². The van der Waals surface area contributed by atoms with Gasteiger partial charge in [-0.05, 0) is 49.1 Å². The van der Waals surface area contributed by atoms with E-state index in [1.54, 1.807) is 0 Å². The highest BCUT2D eigenvalue weighted by atomic mass is 19.1. The summed E-state index contributed by atoms with van der Waals surface area (Å²) in [6, 6.07) is 5.96. The minimum atomic E-state index is -0.689. The number of rotatable bonds is 3. The minimum Gasteiger partial charge on any atom is -0.508 e. The third-order valence-electron chi connectivity index (χ3n) is 4.33. The van der Waals surface area contributed by atoms with Crippen LogP contribution < -0.4 is 5.32 Å². The summed E-state index contributed by atoms with van der Waals surface area (Å²) in [5.74, 6) is -1.79. The first kappa shape index (κ1) is 16.2. The van der Waals surface area contributed by atoms with E-state index in [0.717, 1.165) is 6.07 Å². The van der Waals surface area contributed by atoms with Gasteiger partial charge in [0.15, 0.2) is 0 Å². The second-order valence-electron chi connectivity index (χ2n) is 6.00. The number of aromatic hydroxyl groups is 2. The van der Waals surface area contributed by atoms with Gasteiger partial charge in [-0.3, -0.25) is 4.79 Å². The Balaban J connectivity index is 1.67. The Morgan fingerprint density at radius 3 is 2.38 bits per heavy atom. The Labute approximate surface area is 137 Å². The van der Waals surface area contributed by atoms with Crippen LogP contribution in [-0.2, 0) is 24.2 Å². The van der Waals surface area contributed by atoms with Gasteiger partial charge in [0.25, 0.3) is 0 Å². The van der Waals surface area contributed by atoms with E-state index in [1.165, 1.54) is 24.3 Å². The van der Waals surface area contributed by atoms with Gasteiger partial charge in [0, 0.05) is 29.7 Å². The van der Waals surface area contributed by atoms with E-state index < -0.39 is 11.6 Å². The maximum atomic E-state index is 13.2. The van der Waals surface area contributed by atoms with E-state index in [0.29, 0.717) is 36.0 Å². The fraction of sp³-hybridized carbons (Fsp3) is 0.278. The quantitative estimate of drug-likeness (QED) is 0.757. The van der Waals surface area contributed by atoms with Crippen molar-refractivity contribution < 1.29 is 23.8 Å². The Bertz CT molecular complexity index is 772. The molecule has 0 aromatic heterocycles. The average molecular weight is 333 g/mol. The van der Waals surface area contributed by atoms with E-state index in [-0.39, 0.29) is 29.9 Å². The van der Waals surface area contributed by atoms with Crippen LogP contribution in [0.4, 0.5) is 8.78 Å². The molecular formula is C18H17F2NO3. The van der Waals surface area contributed by atoms with Crippen LogP contribution in [0.3, 0.4) is 0 Å². The molecule has 0 saturated carbocycles. The maximum absolute atomic E-state index is 13.2. The van der Waals surface area contributed by atoms with Gasteiger partial charge in [-0.2, -0.15) is 0 Å². The first-order valence-corrected chi connectivity index (χ1v) is 7.69. The topological polar surface area (TPSA) is 69.6 Å². The summed E-state index contributed by atoms with van der Waals surface area (Å²) in [6.07, 6.45) is 1.34. The zero-order valence-electron chi connectivity index (χ0n) is 12.9. The Hall–Kier alpha value is -2.63. The number of benzene rings is 2. The first-order chi connectivity index (χ1) is 11.4. The van der Waals surface area contributed by atoms with Gasteiger partial charge in [-0.15, -0.1) is 0 Å². The van der Waals surface area contributed by atoms with Crippen molar-refractivity contribution in [2.75, 3.05) is 0 Å². The van der Waals surface area contributed by atoms with E-state index in [2.05, 4.69) is 5.32 Å². The van der Waals surface area contributed by atoms with Gasteiger partial charge in [0.05, 0.1) is 0 Å². The molecular weight excluding hydrogens is 316 g/mol. The van der Waals surface area contributed by atoms with Gasteiger partial charge >= 0.3 is 0 Å². The lowest BCUT2D eigenvalue weighted by Gasteiger charge is -2.25. The van der Waals surface area contributed by atoms with Crippen LogP contribution in [0.25, 0.3) is 0 Å². The second kappa shape index (κ2) is 6.47. The molecule has 3 N–H and O–H groups in total. The summed E-state index contributed by atoms with van der Waals surface area (Å²) in [5, 5.41) is 22.4. The molecule has 0 bridgehead atoms. The average Bonchev–Trinajstić information content (AvgIpc) is 2.55. The molecule has 126 valence electrons. The molecule has 0 aliphatic heterocycles. The standard InChI is InChI=1S/C18H17F2NO3/c19-12-5-10(6-13(20)8-12)9-21-18(24)11-1-2-14-15(7-11)17(23)4-3-16(14)22/h3-6,8,11,22-23H,1-2,7,9H2,(H,21,24). The lowest BCUT2D eigenvalue weighted by atomic mass is 9.82. The number of amides is 1. The number of carbonyl (C=O) groups is 1. The third kappa shape index (κ3) is 3.32. The molecule has 4 nitrogen and oxygen atoms in total. The molecule has 0 radical (unpaired) electrons. The molecule has 0 spiro atoms. The highest BCUT2D eigenvalue weighted by molar-refractivity contribution is 5.79. The van der Waals surface area contributed by atoms with Crippen LogP contribution in [-0.4, -0.2) is 16.1 Å². The van der Waals surface area contributed by atoms with Crippen LogP contribution in [0.5, 0.6) is 11.5 Å². The van der Waals surface area contributed by atoms with Gasteiger partial charge in [0.1, 0.15) is 23.1 Å². The van der Waals surface area contributed by atoms with Crippen LogP contribution in [0, 0.1) is 17.6 Å². The summed E-state index contributed by atoms with van der Waals surface area (Å²) in [4.78, 5) is 12.3. The van der Waals surface area contributed by atoms with E-state index >= 15 is 0 Å². The number of fused-ring (bicyclic) bond motifs is 1. The summed E-state index contributed by atoms with van der Waals surface area (Å²) in [6.45, 7) is 0.0306. The molecule has 1 aliphatic carbocycles. The predicted molar refractivity (Wildman–Crippen MR) is 83.5 cm³/mol. The van der Waals surface area contributed by atoms with Gasteiger partial charge < -0.3 is 15.5 Å². The molecule has 1 aliphatic rings. The van der Waals surface area contributed by atoms with Crippen LogP contribution in [0.15, 0.2) is 30.3 Å². The number of phenols is 2. The summed E-state index contributed by atoms with van der Waals surface area (Å²) >= 11 is 0. The summed E-state index contributed by atoms with van der Waals surface area (Å²) < 4.78 is 26.3. The molecule has 2 aromatic rings. The van der Waals surface area contributed by atoms with E-state index in [1.807, 2.05) is 0 Å². The molecule has 0 saturated heterocycles. The molecule has 2 aromatic carbocycles. The third-order valence-corrected chi connectivity index (χ3v) is 4.33. The number of nitrogens with one attached hydrogen (secondary N) is 1. The lowest BCUT2D eigenvalue weighted by molar-refractivity contribution is -0.125. The van der Waals surface area contributed by atoms with Crippen LogP contribution >= 0.6 is 0 Å². The fourth-order valence-corrected chi connectivity index (χ4v) is 3.11. The van der Waals surface area contributed by atoms with Crippen LogP contribution in [0.2, 0.25) is 0 Å². The summed E-state index contributed by atoms with van der Waals surface area (Å²) in [5.41, 5.74) is 1.60. The number of phenolic OH excluding ortho intramolecular Hbond substituents is 2. The normalized spacial score (nSPS) is 16.5. The monoisotopic (exact) mass is 333 g/mol. The van der Waals surface area contributed by atoms with E-state index in [9.17, 15) is 23.8 Å². The fourth-order valence-electron chi connectivity index (χ4n) is 3.11. The Morgan fingerprint density at radius 2 is 1.71 bits per heavy atom. The maximum Gasteiger partial charge on any atom is 0.223 e. The van der Waals surface area contributed by atoms with Crippen molar-refractivity contribution >= 4 is 5.91 Å². The van der Waals surface area contributed by atoms with Crippen molar-refractivity contribution in [3.63, 3.8) is 0 Å². The zero-order valence-corrected chi connectivity index (χ0v) is 12.9. The first-order valence-electron chi connectivity index (χ1n) is 7.69. The number of hydrogen-bond donors (Lipinski definition) is 3. The highest BCUT2D eigenvalue weighted by Gasteiger charge is 2.28. The zero-order chi connectivity index (χ0) is 17.3. The number of halogens is 2. The molecule has 1 atom stereocenters. The van der Waals surface area contributed by atoms with Crippen molar-refractivity contribution in [1.82, 2.24) is 5.32 Å². The van der Waals surface area contributed by atoms with Crippen LogP contribution in [0.1, 0.15) is 23.1 Å². The predicted octanol–water partition coefficient (Wildman–Crippen LogP) is 2.80. The van der Waals surface area contributed by atoms with Crippen molar-refractivity contribution in [3.8, 4) is 11.5 Å². The molecule has 1 amide bonds. The minimum absolute atomic E-state index is 0.0306. The summed E-state index contributed by atoms with van der Waals surface area (Å²) in [7, 11) is 0. The van der Waals surface area contributed by atoms with Gasteiger partial charge in [-0.1, -0.05) is 0 Å². The van der Waals surface area contributed by atoms with Crippen molar-refractivity contribution in [3.05, 3.63) is 58.7 Å². The van der Waals surface area contributed by atoms with E-state index in [4.69, 9.17) is 0 Å². The van der Waals surface area contributed by atoms with Gasteiger partial charge in [0.2, 0.25) is 5.91 Å². The lowest BCUT2D eigenvalue weighted by Crippen LogP contribution is -2.33. The number of carbonyl (C=O) groups excluding carboxylic acids is 1. The molecule has 0 fully saturated rings. The Kier molecular flexibility index (Phi) is 4.38. The molecule has 6 heteroatoms. The SMILES string of the molecule is O=C(NCc1cc(F)cc(F)c1)C1CCc2c(O)ccc(O)c2C1.